The molecule has 0 aliphatic heterocycles. The highest BCUT2D eigenvalue weighted by molar-refractivity contribution is 5.39. The minimum atomic E-state index is 0.712. The summed E-state index contributed by atoms with van der Waals surface area (Å²) >= 11 is 0. The monoisotopic (exact) mass is 132 g/mol. The van der Waals surface area contributed by atoms with Crippen molar-refractivity contribution in [3.8, 4) is 0 Å². The number of hydrogen-bond donors (Lipinski definition) is 0. The molecular weight excluding hydrogens is 120 g/mol. The molecule has 2 atom stereocenters. The molecule has 3 aliphatic rings. The Bertz CT molecular complexity index is 262. The average molecular weight is 132 g/mol. The molecule has 3 aliphatic carbocycles. The van der Waals surface area contributed by atoms with Gasteiger partial charge in [-0.3, -0.25) is 0 Å². The van der Waals surface area contributed by atoms with Crippen molar-refractivity contribution in [1.29, 1.82) is 0 Å². The third-order valence-corrected chi connectivity index (χ3v) is 3.84. The second kappa shape index (κ2) is 1.26. The lowest BCUT2D eigenvalue weighted by Gasteiger charge is -2.54. The zero-order chi connectivity index (χ0) is 6.77. The van der Waals surface area contributed by atoms with Crippen LogP contribution in [0, 0.1) is 11.3 Å². The van der Waals surface area contributed by atoms with Gasteiger partial charge in [-0.15, -0.1) is 5.73 Å². The molecule has 3 rings (SSSR count). The van der Waals surface area contributed by atoms with E-state index in [0.29, 0.717) is 5.41 Å². The summed E-state index contributed by atoms with van der Waals surface area (Å²) < 4.78 is 0. The fourth-order valence-electron chi connectivity index (χ4n) is 3.01. The highest BCUT2D eigenvalue weighted by Gasteiger charge is 2.57. The lowest BCUT2D eigenvalue weighted by molar-refractivity contribution is 0.0514. The van der Waals surface area contributed by atoms with Crippen molar-refractivity contribution in [2.45, 2.75) is 32.6 Å². The van der Waals surface area contributed by atoms with Crippen LogP contribution < -0.4 is 0 Å². The maximum absolute atomic E-state index is 3.54. The van der Waals surface area contributed by atoms with Crippen LogP contribution in [-0.2, 0) is 0 Å². The van der Waals surface area contributed by atoms with E-state index >= 15 is 0 Å². The summed E-state index contributed by atoms with van der Waals surface area (Å²) in [6.07, 6.45) is 5.74. The molecule has 0 heterocycles. The lowest BCUT2D eigenvalue weighted by atomic mass is 9.49. The van der Waals surface area contributed by atoms with Crippen molar-refractivity contribution in [1.82, 2.24) is 0 Å². The van der Waals surface area contributed by atoms with E-state index in [0.717, 1.165) is 5.92 Å². The SMILES string of the molecule is CC1=C=C2CCC23CCC13. The zero-order valence-electron chi connectivity index (χ0n) is 6.41. The van der Waals surface area contributed by atoms with Gasteiger partial charge in [-0.25, -0.2) is 0 Å². The van der Waals surface area contributed by atoms with Gasteiger partial charge in [-0.2, -0.15) is 0 Å². The highest BCUT2D eigenvalue weighted by Crippen LogP contribution is 2.67. The number of hydrogen-bond acceptors (Lipinski definition) is 0. The summed E-state index contributed by atoms with van der Waals surface area (Å²) in [5.74, 6) is 0.941. The summed E-state index contributed by atoms with van der Waals surface area (Å²) in [5.41, 5.74) is 7.47. The molecule has 2 unspecified atom stereocenters. The summed E-state index contributed by atoms with van der Waals surface area (Å²) in [4.78, 5) is 0. The Balaban J connectivity index is 2.14. The molecule has 52 valence electrons. The van der Waals surface area contributed by atoms with Crippen LogP contribution >= 0.6 is 0 Å². The Hall–Kier alpha value is -0.480. The van der Waals surface area contributed by atoms with Gasteiger partial charge in [0, 0.05) is 5.41 Å². The molecule has 0 amide bonds. The fraction of sp³-hybridized carbons (Fsp3) is 0.700. The van der Waals surface area contributed by atoms with Crippen molar-refractivity contribution in [3.05, 3.63) is 16.9 Å². The van der Waals surface area contributed by atoms with E-state index in [4.69, 9.17) is 0 Å². The van der Waals surface area contributed by atoms with Gasteiger partial charge in [-0.05, 0) is 49.7 Å². The van der Waals surface area contributed by atoms with Gasteiger partial charge in [-0.1, -0.05) is 0 Å². The van der Waals surface area contributed by atoms with Crippen molar-refractivity contribution in [2.24, 2.45) is 11.3 Å². The first-order chi connectivity index (χ1) is 4.83. The van der Waals surface area contributed by atoms with Gasteiger partial charge in [0.25, 0.3) is 0 Å². The molecule has 0 aromatic rings. The van der Waals surface area contributed by atoms with E-state index in [1.807, 2.05) is 0 Å². The van der Waals surface area contributed by atoms with Gasteiger partial charge in [0.1, 0.15) is 0 Å². The first-order valence-corrected chi connectivity index (χ1v) is 4.30. The van der Waals surface area contributed by atoms with E-state index in [9.17, 15) is 0 Å². The molecule has 0 nitrogen and oxygen atoms in total. The molecule has 2 fully saturated rings. The largest absolute Gasteiger partial charge is 0.122 e. The third kappa shape index (κ3) is 0.322. The average Bonchev–Trinajstić information content (AvgIpc) is 1.86. The van der Waals surface area contributed by atoms with Crippen LogP contribution in [0.1, 0.15) is 32.6 Å². The van der Waals surface area contributed by atoms with Crippen LogP contribution in [0.5, 0.6) is 0 Å². The Kier molecular flexibility index (Phi) is 0.658. The van der Waals surface area contributed by atoms with E-state index in [-0.39, 0.29) is 0 Å². The molecule has 0 saturated heterocycles. The predicted octanol–water partition coefficient (Wildman–Crippen LogP) is 2.66. The van der Waals surface area contributed by atoms with Gasteiger partial charge in [0.2, 0.25) is 0 Å². The van der Waals surface area contributed by atoms with Crippen molar-refractivity contribution < 1.29 is 0 Å². The minimum Gasteiger partial charge on any atom is -0.122 e. The maximum atomic E-state index is 3.54. The Morgan fingerprint density at radius 1 is 1.50 bits per heavy atom. The normalized spacial score (nSPS) is 47.9. The third-order valence-electron chi connectivity index (χ3n) is 3.84. The molecule has 0 aromatic carbocycles. The quantitative estimate of drug-likeness (QED) is 0.444. The Morgan fingerprint density at radius 2 is 2.40 bits per heavy atom. The standard InChI is InChI=1S/C10H12/c1-7-6-8-2-4-10(8)5-3-9(7)10/h9H,2-5H2,1H3. The van der Waals surface area contributed by atoms with Crippen LogP contribution in [0.15, 0.2) is 16.9 Å². The van der Waals surface area contributed by atoms with E-state index in [1.165, 1.54) is 25.7 Å². The molecule has 0 N–H and O–H groups in total. The zero-order valence-corrected chi connectivity index (χ0v) is 6.41. The molecular formula is C10H12. The smallest absolute Gasteiger partial charge is 0.00626 e. The van der Waals surface area contributed by atoms with Gasteiger partial charge in [0.15, 0.2) is 0 Å². The second-order valence-electron chi connectivity index (χ2n) is 4.03. The van der Waals surface area contributed by atoms with Crippen LogP contribution in [0.3, 0.4) is 0 Å². The Labute approximate surface area is 61.6 Å². The first-order valence-electron chi connectivity index (χ1n) is 4.30. The minimum absolute atomic E-state index is 0.712. The summed E-state index contributed by atoms with van der Waals surface area (Å²) in [6.45, 7) is 2.26. The molecule has 0 aromatic heterocycles. The topological polar surface area (TPSA) is 0 Å². The predicted molar refractivity (Wildman–Crippen MR) is 40.6 cm³/mol. The van der Waals surface area contributed by atoms with Crippen molar-refractivity contribution in [3.63, 3.8) is 0 Å². The number of allylic oxidation sites excluding steroid dienone is 1. The summed E-state index contributed by atoms with van der Waals surface area (Å²) in [5, 5.41) is 0. The van der Waals surface area contributed by atoms with Gasteiger partial charge < -0.3 is 0 Å². The molecule has 1 spiro atoms. The molecule has 0 bridgehead atoms. The second-order valence-corrected chi connectivity index (χ2v) is 4.03. The van der Waals surface area contributed by atoms with Crippen LogP contribution in [-0.4, -0.2) is 0 Å². The van der Waals surface area contributed by atoms with Crippen molar-refractivity contribution in [2.75, 3.05) is 0 Å². The van der Waals surface area contributed by atoms with E-state index < -0.39 is 0 Å². The summed E-state index contributed by atoms with van der Waals surface area (Å²) in [6, 6.07) is 0. The molecule has 2 saturated carbocycles. The van der Waals surface area contributed by atoms with E-state index in [1.54, 1.807) is 11.1 Å². The first kappa shape index (κ1) is 5.21. The van der Waals surface area contributed by atoms with Crippen LogP contribution in [0.25, 0.3) is 0 Å². The fourth-order valence-corrected chi connectivity index (χ4v) is 3.01. The van der Waals surface area contributed by atoms with Crippen molar-refractivity contribution >= 4 is 0 Å². The number of rotatable bonds is 0. The summed E-state index contributed by atoms with van der Waals surface area (Å²) in [7, 11) is 0. The molecule has 10 heavy (non-hydrogen) atoms. The van der Waals surface area contributed by atoms with Gasteiger partial charge >= 0.3 is 0 Å². The maximum Gasteiger partial charge on any atom is 0.00626 e. The van der Waals surface area contributed by atoms with Crippen LogP contribution in [0.4, 0.5) is 0 Å². The molecule has 0 radical (unpaired) electrons. The van der Waals surface area contributed by atoms with Crippen LogP contribution in [0.2, 0.25) is 0 Å². The highest BCUT2D eigenvalue weighted by atomic mass is 14.6. The molecule has 0 heteroatoms. The lowest BCUT2D eigenvalue weighted by Crippen LogP contribution is -2.45. The van der Waals surface area contributed by atoms with Gasteiger partial charge in [0.05, 0.1) is 0 Å². The van der Waals surface area contributed by atoms with E-state index in [2.05, 4.69) is 12.7 Å². The Morgan fingerprint density at radius 3 is 2.70 bits per heavy atom.